The molecule has 0 saturated heterocycles. The Balaban J connectivity index is 2.50. The number of hydrogen-bond acceptors (Lipinski definition) is 3. The maximum atomic E-state index is 10.9. The van der Waals surface area contributed by atoms with E-state index < -0.39 is 0 Å². The van der Waals surface area contributed by atoms with Crippen molar-refractivity contribution in [3.05, 3.63) is 15.6 Å². The average molecular weight is 198 g/mol. The number of rotatable bonds is 3. The van der Waals surface area contributed by atoms with Crippen molar-refractivity contribution in [1.82, 2.24) is 10.3 Å². The van der Waals surface area contributed by atoms with Crippen LogP contribution in [0.4, 0.5) is 0 Å². The summed E-state index contributed by atoms with van der Waals surface area (Å²) >= 11 is 1.64. The maximum Gasteiger partial charge on any atom is 0.220 e. The fourth-order valence-corrected chi connectivity index (χ4v) is 1.79. The quantitative estimate of drug-likeness (QED) is 0.804. The highest BCUT2D eigenvalue weighted by atomic mass is 32.1. The van der Waals surface area contributed by atoms with Gasteiger partial charge in [0.2, 0.25) is 5.91 Å². The molecule has 1 amide bonds. The molecule has 0 radical (unpaired) electrons. The Morgan fingerprint density at radius 1 is 1.54 bits per heavy atom. The van der Waals surface area contributed by atoms with E-state index in [0.29, 0.717) is 13.0 Å². The summed E-state index contributed by atoms with van der Waals surface area (Å²) in [6.45, 7) is 6.43. The second-order valence-electron chi connectivity index (χ2n) is 2.88. The number of nitrogens with zero attached hydrogens (tertiary/aromatic N) is 1. The second-order valence-corrected chi connectivity index (χ2v) is 4.17. The smallest absolute Gasteiger partial charge is 0.220 e. The molecule has 0 unspecified atom stereocenters. The predicted molar refractivity (Wildman–Crippen MR) is 53.7 cm³/mol. The van der Waals surface area contributed by atoms with Crippen LogP contribution in [-0.4, -0.2) is 10.9 Å². The zero-order valence-electron chi connectivity index (χ0n) is 8.18. The lowest BCUT2D eigenvalue weighted by Crippen LogP contribution is -2.21. The normalized spacial score (nSPS) is 10.1. The third kappa shape index (κ3) is 2.81. The van der Waals surface area contributed by atoms with Gasteiger partial charge < -0.3 is 5.32 Å². The molecule has 0 bridgehead atoms. The first-order valence-electron chi connectivity index (χ1n) is 4.33. The average Bonchev–Trinajstić information content (AvgIpc) is 2.42. The molecule has 1 aromatic heterocycles. The summed E-state index contributed by atoms with van der Waals surface area (Å²) < 4.78 is 0. The van der Waals surface area contributed by atoms with E-state index in [4.69, 9.17) is 0 Å². The number of carbonyl (C=O) groups is 1. The van der Waals surface area contributed by atoms with Crippen LogP contribution in [0.15, 0.2) is 0 Å². The Kier molecular flexibility index (Phi) is 3.42. The fraction of sp³-hybridized carbons (Fsp3) is 0.556. The highest BCUT2D eigenvalue weighted by Crippen LogP contribution is 2.15. The van der Waals surface area contributed by atoms with Gasteiger partial charge in [-0.25, -0.2) is 4.98 Å². The van der Waals surface area contributed by atoms with Crippen LogP contribution in [0.2, 0.25) is 0 Å². The van der Waals surface area contributed by atoms with Gasteiger partial charge in [-0.15, -0.1) is 11.3 Å². The Morgan fingerprint density at radius 2 is 2.23 bits per heavy atom. The molecule has 0 atom stereocenters. The van der Waals surface area contributed by atoms with E-state index in [1.165, 1.54) is 4.88 Å². The Labute approximate surface area is 82.2 Å². The third-order valence-electron chi connectivity index (χ3n) is 1.83. The molecule has 72 valence electrons. The van der Waals surface area contributed by atoms with Crippen molar-refractivity contribution in [2.75, 3.05) is 0 Å². The number of aromatic nitrogens is 1. The summed E-state index contributed by atoms with van der Waals surface area (Å²) in [7, 11) is 0. The first kappa shape index (κ1) is 10.2. The van der Waals surface area contributed by atoms with Crippen LogP contribution in [-0.2, 0) is 11.3 Å². The van der Waals surface area contributed by atoms with Crippen molar-refractivity contribution in [2.24, 2.45) is 0 Å². The number of nitrogens with one attached hydrogen (secondary N) is 1. The van der Waals surface area contributed by atoms with E-state index in [-0.39, 0.29) is 5.91 Å². The lowest BCUT2D eigenvalue weighted by Gasteiger charge is -1.98. The van der Waals surface area contributed by atoms with E-state index in [1.54, 1.807) is 11.3 Å². The maximum absolute atomic E-state index is 10.9. The molecule has 0 aliphatic carbocycles. The highest BCUT2D eigenvalue weighted by Gasteiger charge is 2.04. The Bertz CT molecular complexity index is 287. The number of amides is 1. The minimum absolute atomic E-state index is 0.0745. The molecule has 0 saturated carbocycles. The fourth-order valence-electron chi connectivity index (χ4n) is 0.914. The molecule has 0 spiro atoms. The molecule has 0 aromatic carbocycles. The molecule has 4 heteroatoms. The van der Waals surface area contributed by atoms with E-state index in [0.717, 1.165) is 10.7 Å². The van der Waals surface area contributed by atoms with Crippen LogP contribution in [0, 0.1) is 13.8 Å². The summed E-state index contributed by atoms with van der Waals surface area (Å²) in [5.41, 5.74) is 1.06. The molecule has 0 aliphatic rings. The van der Waals surface area contributed by atoms with Gasteiger partial charge in [0, 0.05) is 11.3 Å². The molecular weight excluding hydrogens is 184 g/mol. The van der Waals surface area contributed by atoms with E-state index >= 15 is 0 Å². The number of carbonyl (C=O) groups excluding carboxylic acids is 1. The zero-order valence-corrected chi connectivity index (χ0v) is 8.99. The molecule has 0 aliphatic heterocycles. The topological polar surface area (TPSA) is 42.0 Å². The van der Waals surface area contributed by atoms with Gasteiger partial charge in [-0.05, 0) is 13.8 Å². The van der Waals surface area contributed by atoms with Crippen LogP contribution >= 0.6 is 11.3 Å². The minimum atomic E-state index is 0.0745. The predicted octanol–water partition coefficient (Wildman–Crippen LogP) is 1.79. The van der Waals surface area contributed by atoms with Gasteiger partial charge in [0.15, 0.2) is 0 Å². The Morgan fingerprint density at radius 3 is 2.69 bits per heavy atom. The summed E-state index contributed by atoms with van der Waals surface area (Å²) in [5.74, 6) is 0.0745. The van der Waals surface area contributed by atoms with Gasteiger partial charge in [-0.1, -0.05) is 6.92 Å². The number of aryl methyl sites for hydroxylation is 2. The molecule has 1 heterocycles. The number of thiazole rings is 1. The van der Waals surface area contributed by atoms with Crippen molar-refractivity contribution in [1.29, 1.82) is 0 Å². The summed E-state index contributed by atoms with van der Waals surface area (Å²) in [6.07, 6.45) is 0.531. The van der Waals surface area contributed by atoms with Crippen LogP contribution < -0.4 is 5.32 Å². The largest absolute Gasteiger partial charge is 0.350 e. The van der Waals surface area contributed by atoms with Crippen LogP contribution in [0.25, 0.3) is 0 Å². The summed E-state index contributed by atoms with van der Waals surface area (Å²) in [5, 5.41) is 3.78. The van der Waals surface area contributed by atoms with Gasteiger partial charge >= 0.3 is 0 Å². The van der Waals surface area contributed by atoms with Crippen LogP contribution in [0.3, 0.4) is 0 Å². The molecule has 1 aromatic rings. The van der Waals surface area contributed by atoms with Crippen molar-refractivity contribution < 1.29 is 4.79 Å². The molecule has 3 nitrogen and oxygen atoms in total. The SMILES string of the molecule is CCC(=O)NCc1nc(C)c(C)s1. The number of hydrogen-bond donors (Lipinski definition) is 1. The van der Waals surface area contributed by atoms with Crippen LogP contribution in [0.1, 0.15) is 28.9 Å². The van der Waals surface area contributed by atoms with Crippen LogP contribution in [0.5, 0.6) is 0 Å². The summed E-state index contributed by atoms with van der Waals surface area (Å²) in [4.78, 5) is 16.5. The Hall–Kier alpha value is -0.900. The monoisotopic (exact) mass is 198 g/mol. The lowest BCUT2D eigenvalue weighted by molar-refractivity contribution is -0.120. The van der Waals surface area contributed by atoms with Crippen molar-refractivity contribution in [2.45, 2.75) is 33.7 Å². The van der Waals surface area contributed by atoms with E-state index in [1.807, 2.05) is 20.8 Å². The minimum Gasteiger partial charge on any atom is -0.350 e. The molecular formula is C9H14N2OS. The standard InChI is InChI=1S/C9H14N2OS/c1-4-8(12)10-5-9-11-6(2)7(3)13-9/h4-5H2,1-3H3,(H,10,12). The van der Waals surface area contributed by atoms with Gasteiger partial charge in [0.25, 0.3) is 0 Å². The van der Waals surface area contributed by atoms with E-state index in [2.05, 4.69) is 10.3 Å². The third-order valence-corrected chi connectivity index (χ3v) is 2.90. The van der Waals surface area contributed by atoms with Gasteiger partial charge in [0.05, 0.1) is 12.2 Å². The van der Waals surface area contributed by atoms with E-state index in [9.17, 15) is 4.79 Å². The second kappa shape index (κ2) is 4.37. The molecule has 0 fully saturated rings. The highest BCUT2D eigenvalue weighted by molar-refractivity contribution is 7.11. The zero-order chi connectivity index (χ0) is 9.84. The van der Waals surface area contributed by atoms with Gasteiger partial charge in [-0.3, -0.25) is 4.79 Å². The van der Waals surface area contributed by atoms with Crippen molar-refractivity contribution in [3.63, 3.8) is 0 Å². The summed E-state index contributed by atoms with van der Waals surface area (Å²) in [6, 6.07) is 0. The molecule has 1 rings (SSSR count). The first-order valence-corrected chi connectivity index (χ1v) is 5.14. The van der Waals surface area contributed by atoms with Gasteiger partial charge in [-0.2, -0.15) is 0 Å². The van der Waals surface area contributed by atoms with Gasteiger partial charge in [0.1, 0.15) is 5.01 Å². The molecule has 13 heavy (non-hydrogen) atoms. The van der Waals surface area contributed by atoms with Crippen molar-refractivity contribution >= 4 is 17.2 Å². The lowest BCUT2D eigenvalue weighted by atomic mass is 10.4. The van der Waals surface area contributed by atoms with Crippen molar-refractivity contribution in [3.8, 4) is 0 Å². The molecule has 1 N–H and O–H groups in total. The first-order chi connectivity index (χ1) is 6.13.